The van der Waals surface area contributed by atoms with E-state index in [-0.39, 0.29) is 44.0 Å². The van der Waals surface area contributed by atoms with Gasteiger partial charge in [0.25, 0.3) is 0 Å². The second-order valence-electron chi connectivity index (χ2n) is 16.3. The fourth-order valence-corrected chi connectivity index (χ4v) is 8.95. The minimum Gasteiger partial charge on any atom is -0.497 e. The summed E-state index contributed by atoms with van der Waals surface area (Å²) in [6, 6.07) is 4.14. The fraction of sp³-hybridized carbons (Fsp3) is 0.632. The third-order valence-electron chi connectivity index (χ3n) is 11.5. The van der Waals surface area contributed by atoms with Crippen LogP contribution in [0.15, 0.2) is 42.6 Å². The molecule has 1 aromatic carbocycles. The normalized spacial score (nSPS) is 29.9. The zero-order chi connectivity index (χ0) is 41.7. The first kappa shape index (κ1) is 42.4. The van der Waals surface area contributed by atoms with Gasteiger partial charge in [0.15, 0.2) is 0 Å². The molecule has 4 N–H and O–H groups in total. The van der Waals surface area contributed by atoms with Gasteiger partial charge in [0, 0.05) is 36.8 Å². The SMILES string of the molecule is COc1ccc2c(OC3CC4C(=O)NC5(C(O)NS(=O)(=O)C6(F)CC6)CC5C=CCCC(C)CC(C)C(NC(=O)OC(C)(C)C(F)(F)F)C(=O)N4C3)nccc2c1. The van der Waals surface area contributed by atoms with Crippen LogP contribution >= 0.6 is 0 Å². The van der Waals surface area contributed by atoms with Crippen molar-refractivity contribution < 1.29 is 59.7 Å². The number of amides is 3. The summed E-state index contributed by atoms with van der Waals surface area (Å²) in [6.07, 6.45) is -3.25. The Morgan fingerprint density at radius 2 is 1.86 bits per heavy atom. The largest absolute Gasteiger partial charge is 0.497 e. The number of carbonyl (C=O) groups excluding carboxylic acids is 3. The van der Waals surface area contributed by atoms with E-state index in [2.05, 4.69) is 15.6 Å². The molecule has 57 heavy (non-hydrogen) atoms. The lowest BCUT2D eigenvalue weighted by molar-refractivity contribution is -0.244. The number of allylic oxidation sites excluding steroid dienone is 1. The predicted molar refractivity (Wildman–Crippen MR) is 198 cm³/mol. The van der Waals surface area contributed by atoms with Crippen LogP contribution in [0.2, 0.25) is 0 Å². The van der Waals surface area contributed by atoms with Crippen molar-refractivity contribution in [3.63, 3.8) is 0 Å². The van der Waals surface area contributed by atoms with Gasteiger partial charge < -0.3 is 34.9 Å². The summed E-state index contributed by atoms with van der Waals surface area (Å²) in [5.74, 6) is -2.14. The number of nitrogens with one attached hydrogen (secondary N) is 3. The molecule has 8 atom stereocenters. The number of aliphatic hydroxyl groups is 1. The zero-order valence-electron chi connectivity index (χ0n) is 32.3. The van der Waals surface area contributed by atoms with Crippen molar-refractivity contribution >= 4 is 38.7 Å². The molecule has 3 heterocycles. The molecular weight excluding hydrogens is 779 g/mol. The van der Waals surface area contributed by atoms with Crippen LogP contribution in [0.1, 0.15) is 72.6 Å². The lowest BCUT2D eigenvalue weighted by Crippen LogP contribution is -2.61. The van der Waals surface area contributed by atoms with Gasteiger partial charge in [-0.25, -0.2) is 22.6 Å². The number of hydrogen-bond acceptors (Lipinski definition) is 10. The Hall–Kier alpha value is -4.23. The van der Waals surface area contributed by atoms with Crippen molar-refractivity contribution in [2.45, 2.75) is 119 Å². The smallest absolute Gasteiger partial charge is 0.427 e. The number of nitrogens with zero attached hydrogens (tertiary/aromatic N) is 2. The van der Waals surface area contributed by atoms with E-state index in [1.54, 1.807) is 37.3 Å². The number of carbonyl (C=O) groups is 3. The van der Waals surface area contributed by atoms with Gasteiger partial charge in [0.05, 0.1) is 19.2 Å². The number of fused-ring (bicyclic) bond motifs is 3. The number of methoxy groups -OCH3 is 1. The number of aromatic nitrogens is 1. The molecule has 8 unspecified atom stereocenters. The number of aliphatic hydroxyl groups excluding tert-OH is 1. The van der Waals surface area contributed by atoms with Crippen LogP contribution in [0, 0.1) is 17.8 Å². The van der Waals surface area contributed by atoms with Crippen LogP contribution in [0.3, 0.4) is 0 Å². The van der Waals surface area contributed by atoms with E-state index in [0.717, 1.165) is 10.3 Å². The van der Waals surface area contributed by atoms with Gasteiger partial charge in [-0.15, -0.1) is 0 Å². The lowest BCUT2D eigenvalue weighted by Gasteiger charge is -2.34. The topological polar surface area (TPSA) is 185 Å². The fourth-order valence-electron chi connectivity index (χ4n) is 7.59. The van der Waals surface area contributed by atoms with Gasteiger partial charge in [0.1, 0.15) is 30.2 Å². The van der Waals surface area contributed by atoms with E-state index >= 15 is 0 Å². The Morgan fingerprint density at radius 3 is 2.53 bits per heavy atom. The molecule has 0 spiro atoms. The molecule has 14 nitrogen and oxygen atoms in total. The number of rotatable bonds is 9. The minimum absolute atomic E-state index is 0.0589. The highest BCUT2D eigenvalue weighted by molar-refractivity contribution is 7.91. The van der Waals surface area contributed by atoms with Gasteiger partial charge >= 0.3 is 12.3 Å². The Balaban J connectivity index is 1.35. The average Bonchev–Trinajstić information content (AvgIpc) is 4.01. The minimum atomic E-state index is -4.92. The van der Waals surface area contributed by atoms with Crippen molar-refractivity contribution in [2.24, 2.45) is 17.8 Å². The van der Waals surface area contributed by atoms with Crippen molar-refractivity contribution in [3.8, 4) is 11.6 Å². The van der Waals surface area contributed by atoms with Crippen molar-refractivity contribution in [2.75, 3.05) is 13.7 Å². The molecule has 2 aliphatic carbocycles. The van der Waals surface area contributed by atoms with Crippen LogP contribution in [-0.4, -0.2) is 102 Å². The van der Waals surface area contributed by atoms with Gasteiger partial charge in [-0.1, -0.05) is 26.0 Å². The van der Waals surface area contributed by atoms with Crippen LogP contribution in [0.5, 0.6) is 11.6 Å². The summed E-state index contributed by atoms with van der Waals surface area (Å²) in [5.41, 5.74) is -4.51. The molecule has 6 rings (SSSR count). The quantitative estimate of drug-likeness (QED) is 0.158. The highest BCUT2D eigenvalue weighted by Crippen LogP contribution is 2.49. The summed E-state index contributed by atoms with van der Waals surface area (Å²) >= 11 is 0. The number of alkyl carbamates (subject to hydrolysis) is 1. The Labute approximate surface area is 328 Å². The van der Waals surface area contributed by atoms with Crippen molar-refractivity contribution in [1.29, 1.82) is 0 Å². The number of hydrogen-bond donors (Lipinski definition) is 4. The van der Waals surface area contributed by atoms with E-state index in [1.807, 2.05) is 17.7 Å². The van der Waals surface area contributed by atoms with Gasteiger partial charge in [-0.2, -0.15) is 17.9 Å². The highest BCUT2D eigenvalue weighted by atomic mass is 32.2. The number of sulfonamides is 1. The Morgan fingerprint density at radius 1 is 1.14 bits per heavy atom. The van der Waals surface area contributed by atoms with Crippen molar-refractivity contribution in [3.05, 3.63) is 42.6 Å². The molecule has 2 aromatic rings. The highest BCUT2D eigenvalue weighted by Gasteiger charge is 2.64. The van der Waals surface area contributed by atoms with Crippen molar-refractivity contribution in [1.82, 2.24) is 25.2 Å². The van der Waals surface area contributed by atoms with Crippen LogP contribution in [0.25, 0.3) is 10.8 Å². The number of pyridine rings is 1. The zero-order valence-corrected chi connectivity index (χ0v) is 33.1. The molecule has 3 fully saturated rings. The predicted octanol–water partition coefficient (Wildman–Crippen LogP) is 4.61. The van der Waals surface area contributed by atoms with E-state index < -0.39 is 86.5 Å². The number of ether oxygens (including phenoxy) is 3. The molecule has 314 valence electrons. The first-order valence-electron chi connectivity index (χ1n) is 18.9. The molecular formula is C38H49F4N5O9S. The Kier molecular flexibility index (Phi) is 11.5. The average molecular weight is 828 g/mol. The maximum atomic E-state index is 14.8. The maximum absolute atomic E-state index is 14.8. The number of halogens is 4. The van der Waals surface area contributed by atoms with E-state index in [0.29, 0.717) is 44.2 Å². The van der Waals surface area contributed by atoms with E-state index in [4.69, 9.17) is 14.2 Å². The van der Waals surface area contributed by atoms with E-state index in [9.17, 15) is 45.5 Å². The second-order valence-corrected chi connectivity index (χ2v) is 18.2. The lowest BCUT2D eigenvalue weighted by atomic mass is 9.88. The van der Waals surface area contributed by atoms with Gasteiger partial charge in [-0.3, -0.25) is 9.59 Å². The summed E-state index contributed by atoms with van der Waals surface area (Å²) in [7, 11) is -3.12. The number of alkyl halides is 4. The number of benzene rings is 1. The summed E-state index contributed by atoms with van der Waals surface area (Å²) in [4.78, 5) is 47.8. The maximum Gasteiger partial charge on any atom is 0.427 e. The molecule has 2 saturated carbocycles. The summed E-state index contributed by atoms with van der Waals surface area (Å²) < 4.78 is 100. The van der Waals surface area contributed by atoms with Crippen LogP contribution in [-0.2, 0) is 24.3 Å². The first-order chi connectivity index (χ1) is 26.6. The molecule has 4 aliphatic rings. The van der Waals surface area contributed by atoms with Gasteiger partial charge in [-0.05, 0) is 81.0 Å². The second kappa shape index (κ2) is 15.5. The summed E-state index contributed by atoms with van der Waals surface area (Å²) in [6.45, 7) is 4.71. The molecule has 1 aromatic heterocycles. The van der Waals surface area contributed by atoms with Gasteiger partial charge in [0.2, 0.25) is 38.3 Å². The molecule has 19 heteroatoms. The molecule has 0 bridgehead atoms. The Bertz CT molecular complexity index is 2010. The van der Waals surface area contributed by atoms with Crippen LogP contribution in [0.4, 0.5) is 22.4 Å². The molecule has 3 amide bonds. The third kappa shape index (κ3) is 8.79. The standard InChI is InChI=1S/C38H49F4N5O9S/c1-21-8-6-7-9-24-19-37(24,33(50)46-57(52,53)36(39)13-14-36)45-30(48)28-18-26(55-31-27-11-10-25(54-5)17-23(27)12-15-43-31)20-47(28)32(49)29(22(2)16-21)44-34(51)56-35(3,4)38(40,41)42/h7,9-12,15,17,21-22,24,26,28-29,33,46,50H,6,8,13-14,16,18-20H2,1-5H3,(H,44,51)(H,45,48). The van der Waals surface area contributed by atoms with Crippen LogP contribution < -0.4 is 24.8 Å². The monoisotopic (exact) mass is 827 g/mol. The molecule has 2 aliphatic heterocycles. The molecule has 1 saturated heterocycles. The third-order valence-corrected chi connectivity index (χ3v) is 13.4. The molecule has 0 radical (unpaired) electrons. The van der Waals surface area contributed by atoms with E-state index in [1.165, 1.54) is 13.3 Å². The summed E-state index contributed by atoms with van der Waals surface area (Å²) in [5, 5.41) is 15.3. The first-order valence-corrected chi connectivity index (χ1v) is 20.4.